The van der Waals surface area contributed by atoms with Gasteiger partial charge in [0, 0.05) is 24.5 Å². The number of rotatable bonds is 9. The van der Waals surface area contributed by atoms with E-state index in [0.29, 0.717) is 41.4 Å². The van der Waals surface area contributed by atoms with E-state index in [1.165, 1.54) is 28.8 Å². The molecule has 0 fully saturated rings. The fraction of sp³-hybridized carbons (Fsp3) is 0.214. The van der Waals surface area contributed by atoms with E-state index >= 15 is 0 Å². The van der Waals surface area contributed by atoms with E-state index in [4.69, 9.17) is 9.47 Å². The quantitative estimate of drug-likeness (QED) is 0.296. The maximum atomic E-state index is 13.3. The van der Waals surface area contributed by atoms with Crippen LogP contribution in [0.3, 0.4) is 0 Å². The molecule has 11 heteroatoms. The number of fused-ring (bicyclic) bond motifs is 1. The molecule has 0 saturated heterocycles. The lowest BCUT2D eigenvalue weighted by molar-refractivity contribution is -0.118. The molecular formula is C28H28N4O5S2. The minimum atomic E-state index is -3.72. The first kappa shape index (κ1) is 26.5. The van der Waals surface area contributed by atoms with Crippen LogP contribution in [0.1, 0.15) is 11.1 Å². The third kappa shape index (κ3) is 5.41. The molecule has 5 rings (SSSR count). The van der Waals surface area contributed by atoms with E-state index < -0.39 is 10.0 Å². The molecule has 4 aromatic rings. The number of benzene rings is 3. The number of anilines is 3. The number of aryl methyl sites for hydroxylation is 1. The first-order chi connectivity index (χ1) is 18.8. The zero-order valence-electron chi connectivity index (χ0n) is 21.7. The highest BCUT2D eigenvalue weighted by atomic mass is 32.2. The van der Waals surface area contributed by atoms with Crippen LogP contribution in [0.2, 0.25) is 0 Å². The molecule has 0 unspecified atom stereocenters. The molecule has 0 bridgehead atoms. The molecule has 1 aliphatic rings. The van der Waals surface area contributed by atoms with Crippen LogP contribution in [0.25, 0.3) is 11.3 Å². The number of hydrogen-bond donors (Lipinski definition) is 2. The van der Waals surface area contributed by atoms with Crippen LogP contribution in [0, 0.1) is 6.92 Å². The third-order valence-corrected chi connectivity index (χ3v) is 9.09. The van der Waals surface area contributed by atoms with Crippen molar-refractivity contribution < 1.29 is 22.7 Å². The number of thiazole rings is 1. The number of nitrogens with zero attached hydrogens (tertiary/aromatic N) is 2. The molecule has 0 spiro atoms. The van der Waals surface area contributed by atoms with Crippen LogP contribution in [-0.2, 0) is 21.2 Å². The minimum absolute atomic E-state index is 0.179. The highest BCUT2D eigenvalue weighted by molar-refractivity contribution is 7.92. The van der Waals surface area contributed by atoms with Gasteiger partial charge in [-0.05, 0) is 66.9 Å². The lowest BCUT2D eigenvalue weighted by atomic mass is 10.1. The summed E-state index contributed by atoms with van der Waals surface area (Å²) in [5.74, 6) is 0.545. The Morgan fingerprint density at radius 1 is 1.10 bits per heavy atom. The highest BCUT2D eigenvalue weighted by Crippen LogP contribution is 2.34. The number of hydrogen-bond acceptors (Lipinski definition) is 8. The summed E-state index contributed by atoms with van der Waals surface area (Å²) in [5.41, 5.74) is 4.44. The molecule has 3 aromatic carbocycles. The summed E-state index contributed by atoms with van der Waals surface area (Å²) in [4.78, 5) is 17.4. The zero-order chi connectivity index (χ0) is 27.6. The molecule has 0 radical (unpaired) electrons. The van der Waals surface area contributed by atoms with Crippen molar-refractivity contribution in [3.8, 4) is 22.8 Å². The highest BCUT2D eigenvalue weighted by Gasteiger charge is 2.30. The Labute approximate surface area is 231 Å². The SMILES string of the molecule is CNc1nc(-c2ccc(OC)c(NC(=O)COc3ccc(S(=O)(=O)N4CCc5ccccc54)cc3C)c2)cs1. The third-order valence-electron chi connectivity index (χ3n) is 6.43. The van der Waals surface area contributed by atoms with Crippen molar-refractivity contribution in [2.24, 2.45) is 0 Å². The Hall–Kier alpha value is -4.09. The molecule has 0 saturated carbocycles. The standard InChI is InChI=1S/C28H28N4O5S2/c1-18-14-21(39(34,35)32-13-12-19-6-4-5-7-24(19)32)9-11-25(18)37-16-27(33)30-22-15-20(8-10-26(22)36-3)23-17-38-28(29-2)31-23/h4-11,14-15,17H,12-13,16H2,1-3H3,(H,29,31)(H,30,33). The van der Waals surface area contributed by atoms with Gasteiger partial charge in [-0.3, -0.25) is 9.10 Å². The summed E-state index contributed by atoms with van der Waals surface area (Å²) in [7, 11) is -0.383. The van der Waals surface area contributed by atoms with E-state index in [1.54, 1.807) is 31.2 Å². The first-order valence-corrected chi connectivity index (χ1v) is 14.6. The van der Waals surface area contributed by atoms with Crippen LogP contribution in [-0.4, -0.2) is 46.6 Å². The smallest absolute Gasteiger partial charge is 0.264 e. The Morgan fingerprint density at radius 3 is 2.64 bits per heavy atom. The number of carbonyl (C=O) groups is 1. The number of methoxy groups -OCH3 is 1. The molecule has 2 heterocycles. The number of carbonyl (C=O) groups excluding carboxylic acids is 1. The summed E-state index contributed by atoms with van der Waals surface area (Å²) < 4.78 is 39.3. The first-order valence-electron chi connectivity index (χ1n) is 12.3. The normalized spacial score (nSPS) is 12.6. The number of sulfonamides is 1. The van der Waals surface area contributed by atoms with Gasteiger partial charge < -0.3 is 20.1 Å². The van der Waals surface area contributed by atoms with Gasteiger partial charge in [0.1, 0.15) is 11.5 Å². The van der Waals surface area contributed by atoms with Gasteiger partial charge in [-0.1, -0.05) is 18.2 Å². The molecule has 1 aliphatic heterocycles. The lowest BCUT2D eigenvalue weighted by Crippen LogP contribution is -2.29. The molecule has 2 N–H and O–H groups in total. The van der Waals surface area contributed by atoms with Crippen molar-refractivity contribution in [1.82, 2.24) is 4.98 Å². The Kier molecular flexibility index (Phi) is 7.45. The van der Waals surface area contributed by atoms with Crippen molar-refractivity contribution in [3.05, 3.63) is 77.2 Å². The average Bonchev–Trinajstić information content (AvgIpc) is 3.60. The number of nitrogens with one attached hydrogen (secondary N) is 2. The van der Waals surface area contributed by atoms with Gasteiger partial charge in [0.05, 0.1) is 29.1 Å². The largest absolute Gasteiger partial charge is 0.495 e. The summed E-state index contributed by atoms with van der Waals surface area (Å²) in [6.45, 7) is 1.90. The molecule has 1 aromatic heterocycles. The monoisotopic (exact) mass is 564 g/mol. The molecule has 0 atom stereocenters. The van der Waals surface area contributed by atoms with Crippen molar-refractivity contribution in [2.45, 2.75) is 18.2 Å². The van der Waals surface area contributed by atoms with Crippen LogP contribution >= 0.6 is 11.3 Å². The number of amides is 1. The van der Waals surface area contributed by atoms with Crippen LogP contribution < -0.4 is 24.4 Å². The fourth-order valence-corrected chi connectivity index (χ4v) is 6.71. The summed E-state index contributed by atoms with van der Waals surface area (Å²) >= 11 is 1.49. The number of para-hydroxylation sites is 1. The summed E-state index contributed by atoms with van der Waals surface area (Å²) in [6, 6.07) is 17.6. The summed E-state index contributed by atoms with van der Waals surface area (Å²) in [5, 5.41) is 8.57. The van der Waals surface area contributed by atoms with E-state index in [1.807, 2.05) is 42.8 Å². The fourth-order valence-electron chi connectivity index (χ4n) is 4.44. The lowest BCUT2D eigenvalue weighted by Gasteiger charge is -2.20. The molecule has 39 heavy (non-hydrogen) atoms. The van der Waals surface area contributed by atoms with Gasteiger partial charge in [-0.2, -0.15) is 0 Å². The van der Waals surface area contributed by atoms with Crippen molar-refractivity contribution in [1.29, 1.82) is 0 Å². The molecule has 202 valence electrons. The van der Waals surface area contributed by atoms with Gasteiger partial charge in [0.2, 0.25) is 0 Å². The Bertz CT molecular complexity index is 1630. The van der Waals surface area contributed by atoms with Gasteiger partial charge in [0.25, 0.3) is 15.9 Å². The second kappa shape index (κ2) is 11.0. The second-order valence-electron chi connectivity index (χ2n) is 8.92. The Balaban J connectivity index is 1.27. The second-order valence-corrected chi connectivity index (χ2v) is 11.6. The predicted molar refractivity (Wildman–Crippen MR) is 154 cm³/mol. The van der Waals surface area contributed by atoms with E-state index in [0.717, 1.165) is 22.0 Å². The van der Waals surface area contributed by atoms with Crippen LogP contribution in [0.4, 0.5) is 16.5 Å². The van der Waals surface area contributed by atoms with Crippen LogP contribution in [0.5, 0.6) is 11.5 Å². The van der Waals surface area contributed by atoms with Gasteiger partial charge >= 0.3 is 0 Å². The summed E-state index contributed by atoms with van der Waals surface area (Å²) in [6.07, 6.45) is 0.680. The average molecular weight is 565 g/mol. The predicted octanol–water partition coefficient (Wildman–Crippen LogP) is 4.94. The van der Waals surface area contributed by atoms with Crippen molar-refractivity contribution >= 4 is 43.8 Å². The maximum Gasteiger partial charge on any atom is 0.264 e. The molecule has 0 aliphatic carbocycles. The van der Waals surface area contributed by atoms with Crippen LogP contribution in [0.15, 0.2) is 70.9 Å². The topological polar surface area (TPSA) is 110 Å². The maximum absolute atomic E-state index is 13.3. The zero-order valence-corrected chi connectivity index (χ0v) is 23.4. The van der Waals surface area contributed by atoms with Crippen molar-refractivity contribution in [3.63, 3.8) is 0 Å². The molecular weight excluding hydrogens is 536 g/mol. The van der Waals surface area contributed by atoms with Crippen molar-refractivity contribution in [2.75, 3.05) is 42.2 Å². The van der Waals surface area contributed by atoms with Gasteiger partial charge in [0.15, 0.2) is 11.7 Å². The van der Waals surface area contributed by atoms with E-state index in [9.17, 15) is 13.2 Å². The van der Waals surface area contributed by atoms with Gasteiger partial charge in [-0.25, -0.2) is 13.4 Å². The number of ether oxygens (including phenoxy) is 2. The van der Waals surface area contributed by atoms with E-state index in [2.05, 4.69) is 15.6 Å². The van der Waals surface area contributed by atoms with Gasteiger partial charge in [-0.15, -0.1) is 11.3 Å². The molecule has 1 amide bonds. The molecule has 9 nitrogen and oxygen atoms in total. The van der Waals surface area contributed by atoms with E-state index in [-0.39, 0.29) is 17.4 Å². The number of aromatic nitrogens is 1. The Morgan fingerprint density at radius 2 is 1.90 bits per heavy atom. The minimum Gasteiger partial charge on any atom is -0.495 e.